The maximum absolute atomic E-state index is 12.7. The molecule has 0 aliphatic carbocycles. The molecule has 160 valence electrons. The number of methoxy groups -OCH3 is 2. The average molecular weight is 418 g/mol. The molecule has 3 aromatic rings. The molecule has 2 N–H and O–H groups in total. The van der Waals surface area contributed by atoms with Crippen molar-refractivity contribution in [2.75, 3.05) is 32.7 Å². The second-order valence-corrected chi connectivity index (χ2v) is 6.91. The number of benzene rings is 3. The second-order valence-electron chi connectivity index (χ2n) is 6.91. The Labute approximate surface area is 182 Å². The Morgan fingerprint density at radius 2 is 1.55 bits per heavy atom. The summed E-state index contributed by atoms with van der Waals surface area (Å²) in [7, 11) is 3.12. The van der Waals surface area contributed by atoms with E-state index in [1.807, 2.05) is 42.5 Å². The van der Waals surface area contributed by atoms with Crippen LogP contribution >= 0.6 is 0 Å². The molecule has 0 fully saturated rings. The minimum Gasteiger partial charge on any atom is -0.496 e. The summed E-state index contributed by atoms with van der Waals surface area (Å²) in [4.78, 5) is 25.2. The monoisotopic (exact) mass is 418 g/mol. The van der Waals surface area contributed by atoms with E-state index in [-0.39, 0.29) is 11.8 Å². The van der Waals surface area contributed by atoms with Crippen LogP contribution in [0.4, 0.5) is 5.69 Å². The van der Waals surface area contributed by atoms with Gasteiger partial charge in [-0.1, -0.05) is 42.5 Å². The third-order valence-corrected chi connectivity index (χ3v) is 4.77. The van der Waals surface area contributed by atoms with E-state index in [4.69, 9.17) is 9.47 Å². The van der Waals surface area contributed by atoms with Crippen LogP contribution in [0.5, 0.6) is 5.75 Å². The maximum Gasteiger partial charge on any atom is 0.255 e. The Kier molecular flexibility index (Phi) is 7.79. The minimum atomic E-state index is -0.267. The van der Waals surface area contributed by atoms with Gasteiger partial charge in [-0.3, -0.25) is 9.59 Å². The number of amides is 2. The number of hydrogen-bond donors (Lipinski definition) is 2. The van der Waals surface area contributed by atoms with E-state index in [9.17, 15) is 9.59 Å². The number of carbonyl (C=O) groups is 2. The molecule has 0 heterocycles. The van der Waals surface area contributed by atoms with E-state index in [1.54, 1.807) is 37.4 Å². The molecule has 3 rings (SSSR count). The number of rotatable bonds is 9. The molecule has 0 bridgehead atoms. The highest BCUT2D eigenvalue weighted by molar-refractivity contribution is 6.05. The second kappa shape index (κ2) is 10.9. The highest BCUT2D eigenvalue weighted by Crippen LogP contribution is 2.24. The van der Waals surface area contributed by atoms with Gasteiger partial charge in [-0.25, -0.2) is 0 Å². The van der Waals surface area contributed by atoms with Gasteiger partial charge in [-0.15, -0.1) is 0 Å². The molecule has 0 atom stereocenters. The van der Waals surface area contributed by atoms with Gasteiger partial charge in [-0.05, 0) is 47.9 Å². The summed E-state index contributed by atoms with van der Waals surface area (Å²) in [6, 6.07) is 22.3. The van der Waals surface area contributed by atoms with Crippen molar-refractivity contribution in [1.82, 2.24) is 5.32 Å². The van der Waals surface area contributed by atoms with Crippen LogP contribution in [0, 0.1) is 0 Å². The van der Waals surface area contributed by atoms with Gasteiger partial charge in [0.15, 0.2) is 0 Å². The van der Waals surface area contributed by atoms with E-state index in [1.165, 1.54) is 7.11 Å². The van der Waals surface area contributed by atoms with Crippen LogP contribution in [0.3, 0.4) is 0 Å². The van der Waals surface area contributed by atoms with Crippen molar-refractivity contribution in [2.45, 2.75) is 6.42 Å². The molecule has 2 amide bonds. The fourth-order valence-corrected chi connectivity index (χ4v) is 3.12. The van der Waals surface area contributed by atoms with Crippen LogP contribution in [-0.4, -0.2) is 39.2 Å². The van der Waals surface area contributed by atoms with Crippen molar-refractivity contribution in [3.63, 3.8) is 0 Å². The highest BCUT2D eigenvalue weighted by atomic mass is 16.5. The Bertz CT molecular complexity index is 1020. The standard InChI is InChI=1S/C25H26N2O4/c1-30-16-6-15-26-25(29)22-17-21(13-14-23(22)31-2)27-24(28)20-11-9-19(10-12-20)18-7-4-3-5-8-18/h3-5,7-14,17H,6,15-16H2,1-2H3,(H,26,29)(H,27,28). The smallest absolute Gasteiger partial charge is 0.255 e. The first-order valence-corrected chi connectivity index (χ1v) is 10.0. The van der Waals surface area contributed by atoms with E-state index in [0.717, 1.165) is 11.1 Å². The van der Waals surface area contributed by atoms with Crippen LogP contribution in [0.15, 0.2) is 72.8 Å². The Morgan fingerprint density at radius 1 is 0.839 bits per heavy atom. The first-order chi connectivity index (χ1) is 15.1. The van der Waals surface area contributed by atoms with E-state index < -0.39 is 0 Å². The summed E-state index contributed by atoms with van der Waals surface area (Å²) < 4.78 is 10.3. The van der Waals surface area contributed by atoms with Crippen LogP contribution in [0.25, 0.3) is 11.1 Å². The van der Waals surface area contributed by atoms with Crippen molar-refractivity contribution in [2.24, 2.45) is 0 Å². The van der Waals surface area contributed by atoms with Crippen molar-refractivity contribution >= 4 is 17.5 Å². The first kappa shape index (κ1) is 22.1. The molecule has 0 saturated carbocycles. The number of nitrogens with one attached hydrogen (secondary N) is 2. The molecule has 0 unspecified atom stereocenters. The quantitative estimate of drug-likeness (QED) is 0.506. The van der Waals surface area contributed by atoms with Gasteiger partial charge in [-0.2, -0.15) is 0 Å². The molecule has 3 aromatic carbocycles. The fourth-order valence-electron chi connectivity index (χ4n) is 3.12. The number of anilines is 1. The molecule has 0 spiro atoms. The molecular formula is C25H26N2O4. The summed E-state index contributed by atoms with van der Waals surface area (Å²) in [5.74, 6) is -0.0815. The van der Waals surface area contributed by atoms with Gasteiger partial charge in [0, 0.05) is 31.5 Å². The molecule has 0 aliphatic rings. The number of hydrogen-bond acceptors (Lipinski definition) is 4. The molecule has 0 aliphatic heterocycles. The van der Waals surface area contributed by atoms with Crippen LogP contribution in [0.2, 0.25) is 0 Å². The van der Waals surface area contributed by atoms with Crippen LogP contribution < -0.4 is 15.4 Å². The molecule has 6 heteroatoms. The van der Waals surface area contributed by atoms with Crippen LogP contribution in [-0.2, 0) is 4.74 Å². The average Bonchev–Trinajstić information content (AvgIpc) is 2.82. The summed E-state index contributed by atoms with van der Waals surface area (Å²) in [5.41, 5.74) is 3.53. The lowest BCUT2D eigenvalue weighted by molar-refractivity contribution is 0.0944. The predicted octanol–water partition coefficient (Wildman–Crippen LogP) is 4.38. The number of carbonyl (C=O) groups excluding carboxylic acids is 2. The fraction of sp³-hybridized carbons (Fsp3) is 0.200. The molecule has 0 radical (unpaired) electrons. The van der Waals surface area contributed by atoms with Crippen molar-refractivity contribution in [3.8, 4) is 16.9 Å². The van der Waals surface area contributed by atoms with Gasteiger partial charge < -0.3 is 20.1 Å². The zero-order valence-electron chi connectivity index (χ0n) is 17.7. The lowest BCUT2D eigenvalue weighted by Crippen LogP contribution is -2.26. The van der Waals surface area contributed by atoms with E-state index in [0.29, 0.717) is 42.1 Å². The van der Waals surface area contributed by atoms with Gasteiger partial charge in [0.05, 0.1) is 12.7 Å². The summed E-state index contributed by atoms with van der Waals surface area (Å²) >= 11 is 0. The van der Waals surface area contributed by atoms with E-state index in [2.05, 4.69) is 10.6 Å². The predicted molar refractivity (Wildman–Crippen MR) is 122 cm³/mol. The SMILES string of the molecule is COCCCNC(=O)c1cc(NC(=O)c2ccc(-c3ccccc3)cc2)ccc1OC. The van der Waals surface area contributed by atoms with Crippen molar-refractivity contribution in [3.05, 3.63) is 83.9 Å². The lowest BCUT2D eigenvalue weighted by atomic mass is 10.0. The van der Waals surface area contributed by atoms with Gasteiger partial charge in [0.25, 0.3) is 11.8 Å². The third-order valence-electron chi connectivity index (χ3n) is 4.77. The highest BCUT2D eigenvalue weighted by Gasteiger charge is 2.14. The zero-order valence-corrected chi connectivity index (χ0v) is 17.7. The van der Waals surface area contributed by atoms with Gasteiger partial charge in [0.2, 0.25) is 0 Å². The Balaban J connectivity index is 1.70. The summed E-state index contributed by atoms with van der Waals surface area (Å²) in [6.07, 6.45) is 0.708. The van der Waals surface area contributed by atoms with Crippen molar-refractivity contribution < 1.29 is 19.1 Å². The zero-order chi connectivity index (χ0) is 22.1. The largest absolute Gasteiger partial charge is 0.496 e. The molecule has 0 aromatic heterocycles. The van der Waals surface area contributed by atoms with E-state index >= 15 is 0 Å². The minimum absolute atomic E-state index is 0.253. The summed E-state index contributed by atoms with van der Waals surface area (Å²) in [6.45, 7) is 1.05. The molecule has 31 heavy (non-hydrogen) atoms. The first-order valence-electron chi connectivity index (χ1n) is 10.0. The summed E-state index contributed by atoms with van der Waals surface area (Å²) in [5, 5.41) is 5.68. The Hall–Kier alpha value is -3.64. The molecular weight excluding hydrogens is 392 g/mol. The maximum atomic E-state index is 12.7. The van der Waals surface area contributed by atoms with Crippen molar-refractivity contribution in [1.29, 1.82) is 0 Å². The number of ether oxygens (including phenoxy) is 2. The third kappa shape index (κ3) is 5.93. The Morgan fingerprint density at radius 3 is 2.23 bits per heavy atom. The topological polar surface area (TPSA) is 76.7 Å². The lowest BCUT2D eigenvalue weighted by Gasteiger charge is -2.12. The normalized spacial score (nSPS) is 10.4. The van der Waals surface area contributed by atoms with Crippen LogP contribution in [0.1, 0.15) is 27.1 Å². The van der Waals surface area contributed by atoms with Gasteiger partial charge in [0.1, 0.15) is 5.75 Å². The molecule has 6 nitrogen and oxygen atoms in total. The van der Waals surface area contributed by atoms with Gasteiger partial charge >= 0.3 is 0 Å². The molecule has 0 saturated heterocycles.